The van der Waals surface area contributed by atoms with E-state index in [-0.39, 0.29) is 11.4 Å². The van der Waals surface area contributed by atoms with Gasteiger partial charge in [-0.25, -0.2) is 13.5 Å². The van der Waals surface area contributed by atoms with Gasteiger partial charge in [-0.3, -0.25) is 0 Å². The van der Waals surface area contributed by atoms with E-state index in [1.807, 2.05) is 30.0 Å². The number of rotatable bonds is 6. The second-order valence-corrected chi connectivity index (χ2v) is 10.5. The summed E-state index contributed by atoms with van der Waals surface area (Å²) >= 11 is 1.91. The van der Waals surface area contributed by atoms with Gasteiger partial charge >= 0.3 is 0 Å². The lowest BCUT2D eigenvalue weighted by atomic mass is 10.0. The fraction of sp³-hybridized carbons (Fsp3) is 0.407. The summed E-state index contributed by atoms with van der Waals surface area (Å²) in [5.41, 5.74) is 2.22. The van der Waals surface area contributed by atoms with Crippen LogP contribution in [0.4, 0.5) is 20.3 Å². The highest BCUT2D eigenvalue weighted by Gasteiger charge is 2.19. The van der Waals surface area contributed by atoms with Crippen molar-refractivity contribution in [1.29, 1.82) is 5.26 Å². The first kappa shape index (κ1) is 24.6. The largest absolute Gasteiger partial charge is 0.370 e. The number of anilines is 2. The van der Waals surface area contributed by atoms with E-state index in [0.29, 0.717) is 28.7 Å². The van der Waals surface area contributed by atoms with Crippen molar-refractivity contribution in [1.82, 2.24) is 15.1 Å². The van der Waals surface area contributed by atoms with Crippen molar-refractivity contribution >= 4 is 23.3 Å². The summed E-state index contributed by atoms with van der Waals surface area (Å²) in [4.78, 5) is 2.19. The summed E-state index contributed by atoms with van der Waals surface area (Å²) in [5.74, 6) is 2.21. The zero-order valence-corrected chi connectivity index (χ0v) is 21.0. The first-order valence-corrected chi connectivity index (χ1v) is 13.6. The number of aromatic nitrogens is 2. The molecule has 1 atom stereocenters. The minimum Gasteiger partial charge on any atom is -0.370 e. The number of nitrogens with one attached hydrogen (secondary N) is 2. The van der Waals surface area contributed by atoms with Gasteiger partial charge in [0.05, 0.1) is 11.3 Å². The van der Waals surface area contributed by atoms with E-state index in [4.69, 9.17) is 5.26 Å². The lowest BCUT2D eigenvalue weighted by molar-refractivity contribution is 0.495. The number of hydrogen-bond acceptors (Lipinski definition) is 6. The van der Waals surface area contributed by atoms with Gasteiger partial charge in [-0.2, -0.15) is 17.0 Å². The first-order valence-electron chi connectivity index (χ1n) is 12.5. The number of nitriles is 1. The van der Waals surface area contributed by atoms with Gasteiger partial charge in [0.2, 0.25) is 0 Å². The molecule has 1 aromatic heterocycles. The lowest BCUT2D eigenvalue weighted by Crippen LogP contribution is -2.32. The standard InChI is InChI=1S/C27H30F2N6S/c28-23-14-20(3-4-21(23)17-30)26-16-27(32-18-19-2-1-8-31-9-7-19)33-35(26)25-6-5-22(15-24(25)29)34-10-12-36-13-11-34/h3-6,14-16,19,31H,1-2,7-13,18H2,(H,32,33). The third kappa shape index (κ3) is 5.50. The van der Waals surface area contributed by atoms with Crippen molar-refractivity contribution in [2.45, 2.75) is 19.3 Å². The van der Waals surface area contributed by atoms with Gasteiger partial charge in [0.15, 0.2) is 5.82 Å². The van der Waals surface area contributed by atoms with Crippen LogP contribution in [-0.4, -0.2) is 54.0 Å². The maximum atomic E-state index is 15.5. The minimum absolute atomic E-state index is 0.0274. The highest BCUT2D eigenvalue weighted by atomic mass is 32.2. The van der Waals surface area contributed by atoms with Crippen LogP contribution in [0, 0.1) is 28.9 Å². The summed E-state index contributed by atoms with van der Waals surface area (Å²) in [6, 6.07) is 13.3. The molecule has 1 unspecified atom stereocenters. The van der Waals surface area contributed by atoms with Crippen molar-refractivity contribution in [3.8, 4) is 23.0 Å². The summed E-state index contributed by atoms with van der Waals surface area (Å²) in [5, 5.41) is 20.7. The molecule has 9 heteroatoms. The van der Waals surface area contributed by atoms with E-state index in [1.54, 1.807) is 18.2 Å². The maximum Gasteiger partial charge on any atom is 0.150 e. The summed E-state index contributed by atoms with van der Waals surface area (Å²) in [6.07, 6.45) is 3.37. The van der Waals surface area contributed by atoms with Crippen LogP contribution < -0.4 is 15.5 Å². The number of nitrogens with zero attached hydrogens (tertiary/aromatic N) is 4. The number of benzene rings is 2. The van der Waals surface area contributed by atoms with Crippen LogP contribution in [0.1, 0.15) is 24.8 Å². The number of thioether (sulfide) groups is 1. The number of hydrogen-bond donors (Lipinski definition) is 2. The Morgan fingerprint density at radius 3 is 2.69 bits per heavy atom. The van der Waals surface area contributed by atoms with Crippen LogP contribution in [0.15, 0.2) is 42.5 Å². The van der Waals surface area contributed by atoms with E-state index < -0.39 is 5.82 Å². The van der Waals surface area contributed by atoms with Crippen molar-refractivity contribution in [2.75, 3.05) is 54.4 Å². The van der Waals surface area contributed by atoms with Gasteiger partial charge in [-0.05, 0) is 68.6 Å². The Kier molecular flexibility index (Phi) is 7.73. The maximum absolute atomic E-state index is 15.5. The molecule has 36 heavy (non-hydrogen) atoms. The lowest BCUT2D eigenvalue weighted by Gasteiger charge is -2.28. The van der Waals surface area contributed by atoms with Crippen LogP contribution in [0.3, 0.4) is 0 Å². The molecule has 0 spiro atoms. The van der Waals surface area contributed by atoms with E-state index in [9.17, 15) is 4.39 Å². The molecular weight excluding hydrogens is 478 g/mol. The Balaban J connectivity index is 1.47. The average molecular weight is 509 g/mol. The molecule has 2 aliphatic heterocycles. The third-order valence-corrected chi connectivity index (χ3v) is 7.84. The summed E-state index contributed by atoms with van der Waals surface area (Å²) < 4.78 is 31.5. The van der Waals surface area contributed by atoms with Gasteiger partial charge in [-0.1, -0.05) is 6.07 Å². The SMILES string of the molecule is N#Cc1ccc(-c2cc(NCC3CCCNCC3)nn2-c2ccc(N3CCSCC3)cc2F)cc1F. The van der Waals surface area contributed by atoms with Crippen LogP contribution in [0.5, 0.6) is 0 Å². The Bertz CT molecular complexity index is 1240. The second-order valence-electron chi connectivity index (χ2n) is 9.30. The molecule has 0 bridgehead atoms. The molecule has 6 nitrogen and oxygen atoms in total. The van der Waals surface area contributed by atoms with E-state index in [2.05, 4.69) is 20.6 Å². The zero-order valence-electron chi connectivity index (χ0n) is 20.1. The highest BCUT2D eigenvalue weighted by Crippen LogP contribution is 2.31. The van der Waals surface area contributed by atoms with Crippen LogP contribution in [-0.2, 0) is 0 Å². The molecule has 2 fully saturated rings. The Morgan fingerprint density at radius 1 is 1.06 bits per heavy atom. The van der Waals surface area contributed by atoms with Crippen LogP contribution in [0.2, 0.25) is 0 Å². The van der Waals surface area contributed by atoms with Crippen LogP contribution in [0.25, 0.3) is 16.9 Å². The van der Waals surface area contributed by atoms with Crippen molar-refractivity contribution in [3.05, 3.63) is 59.7 Å². The Labute approximate surface area is 214 Å². The monoisotopic (exact) mass is 508 g/mol. The first-order chi connectivity index (χ1) is 17.6. The van der Waals surface area contributed by atoms with E-state index >= 15 is 4.39 Å². The summed E-state index contributed by atoms with van der Waals surface area (Å²) in [6.45, 7) is 4.61. The van der Waals surface area contributed by atoms with E-state index in [0.717, 1.165) is 69.2 Å². The van der Waals surface area contributed by atoms with Gasteiger partial charge < -0.3 is 15.5 Å². The molecule has 2 saturated heterocycles. The summed E-state index contributed by atoms with van der Waals surface area (Å²) in [7, 11) is 0. The molecule has 0 radical (unpaired) electrons. The van der Waals surface area contributed by atoms with Gasteiger partial charge in [0.25, 0.3) is 0 Å². The average Bonchev–Trinajstić information content (AvgIpc) is 3.14. The molecule has 0 amide bonds. The van der Waals surface area contributed by atoms with Crippen molar-refractivity contribution in [3.63, 3.8) is 0 Å². The molecule has 188 valence electrons. The highest BCUT2D eigenvalue weighted by molar-refractivity contribution is 7.99. The minimum atomic E-state index is -0.609. The fourth-order valence-corrected chi connectivity index (χ4v) is 5.76. The van der Waals surface area contributed by atoms with Gasteiger partial charge in [0.1, 0.15) is 23.4 Å². The quantitative estimate of drug-likeness (QED) is 0.486. The molecule has 2 N–H and O–H groups in total. The van der Waals surface area contributed by atoms with Crippen molar-refractivity contribution < 1.29 is 8.78 Å². The smallest absolute Gasteiger partial charge is 0.150 e. The molecule has 0 aliphatic carbocycles. The molecule has 3 aromatic rings. The second kappa shape index (κ2) is 11.3. The Hall–Kier alpha value is -3.09. The Morgan fingerprint density at radius 2 is 1.92 bits per heavy atom. The predicted octanol–water partition coefficient (Wildman–Crippen LogP) is 5.04. The van der Waals surface area contributed by atoms with E-state index in [1.165, 1.54) is 16.8 Å². The fourth-order valence-electron chi connectivity index (χ4n) is 4.85. The predicted molar refractivity (Wildman–Crippen MR) is 142 cm³/mol. The molecule has 3 heterocycles. The molecule has 2 aliphatic rings. The molecule has 2 aromatic carbocycles. The van der Waals surface area contributed by atoms with Gasteiger partial charge in [0, 0.05) is 48.5 Å². The van der Waals surface area contributed by atoms with Crippen molar-refractivity contribution in [2.24, 2.45) is 5.92 Å². The number of halogens is 2. The third-order valence-electron chi connectivity index (χ3n) is 6.90. The molecular formula is C27H30F2N6S. The molecule has 5 rings (SSSR count). The van der Waals surface area contributed by atoms with Gasteiger partial charge in [-0.15, -0.1) is 5.10 Å². The normalized spacial score (nSPS) is 18.5. The molecule has 0 saturated carbocycles. The zero-order chi connectivity index (χ0) is 24.9. The topological polar surface area (TPSA) is 68.9 Å². The van der Waals surface area contributed by atoms with Crippen LogP contribution >= 0.6 is 11.8 Å².